The van der Waals surface area contributed by atoms with Crippen molar-refractivity contribution in [2.45, 2.75) is 33.6 Å². The fourth-order valence-electron chi connectivity index (χ4n) is 1.91. The lowest BCUT2D eigenvalue weighted by atomic mass is 10.0. The number of pyridine rings is 1. The molecule has 106 valence electrons. The van der Waals surface area contributed by atoms with E-state index >= 15 is 0 Å². The van der Waals surface area contributed by atoms with Gasteiger partial charge in [0.25, 0.3) is 0 Å². The fourth-order valence-corrected chi connectivity index (χ4v) is 2.57. The Kier molecular flexibility index (Phi) is 4.71. The quantitative estimate of drug-likeness (QED) is 0.671. The highest BCUT2D eigenvalue weighted by molar-refractivity contribution is 9.10. The van der Waals surface area contributed by atoms with Crippen LogP contribution in [0.5, 0.6) is 11.6 Å². The maximum atomic E-state index is 6.27. The van der Waals surface area contributed by atoms with E-state index in [2.05, 4.69) is 34.8 Å². The molecule has 20 heavy (non-hydrogen) atoms. The Morgan fingerprint density at radius 1 is 1.20 bits per heavy atom. The van der Waals surface area contributed by atoms with Gasteiger partial charge in [-0.1, -0.05) is 25.4 Å². The zero-order valence-electron chi connectivity index (χ0n) is 12.0. The predicted octanol–water partition coefficient (Wildman–Crippen LogP) is 6.03. The van der Waals surface area contributed by atoms with Crippen LogP contribution in [0.2, 0.25) is 5.02 Å². The van der Waals surface area contributed by atoms with Gasteiger partial charge in [-0.15, -0.1) is 0 Å². The molecule has 2 nitrogen and oxygen atoms in total. The van der Waals surface area contributed by atoms with E-state index in [4.69, 9.17) is 16.3 Å². The number of aromatic nitrogens is 1. The highest BCUT2D eigenvalue weighted by atomic mass is 79.9. The second-order valence-corrected chi connectivity index (χ2v) is 6.37. The van der Waals surface area contributed by atoms with Gasteiger partial charge in [-0.25, -0.2) is 4.98 Å². The normalized spacial score (nSPS) is 10.9. The predicted molar refractivity (Wildman–Crippen MR) is 87.0 cm³/mol. The zero-order valence-corrected chi connectivity index (χ0v) is 14.3. The molecule has 1 heterocycles. The van der Waals surface area contributed by atoms with Gasteiger partial charge in [-0.2, -0.15) is 0 Å². The molecule has 0 N–H and O–H groups in total. The van der Waals surface area contributed by atoms with Crippen molar-refractivity contribution in [3.8, 4) is 11.6 Å². The van der Waals surface area contributed by atoms with Crippen LogP contribution in [0, 0.1) is 13.8 Å². The molecule has 0 saturated carbocycles. The Morgan fingerprint density at radius 3 is 2.50 bits per heavy atom. The van der Waals surface area contributed by atoms with Crippen LogP contribution in [0.1, 0.15) is 36.6 Å². The zero-order chi connectivity index (χ0) is 14.9. The van der Waals surface area contributed by atoms with Crippen molar-refractivity contribution in [1.82, 2.24) is 4.98 Å². The van der Waals surface area contributed by atoms with E-state index in [1.165, 1.54) is 0 Å². The molecular weight excluding hydrogens is 338 g/mol. The molecule has 2 aromatic rings. The van der Waals surface area contributed by atoms with E-state index in [1.807, 2.05) is 38.1 Å². The van der Waals surface area contributed by atoms with E-state index in [0.29, 0.717) is 11.8 Å². The van der Waals surface area contributed by atoms with E-state index in [-0.39, 0.29) is 0 Å². The summed E-state index contributed by atoms with van der Waals surface area (Å²) in [5.41, 5.74) is 2.99. The summed E-state index contributed by atoms with van der Waals surface area (Å²) in [6.07, 6.45) is 0. The Hall–Kier alpha value is -1.06. The first-order valence-electron chi connectivity index (χ1n) is 6.49. The van der Waals surface area contributed by atoms with Gasteiger partial charge < -0.3 is 4.74 Å². The number of nitrogens with zero attached hydrogens (tertiary/aromatic N) is 1. The number of halogens is 2. The minimum atomic E-state index is 0.352. The van der Waals surface area contributed by atoms with Crippen LogP contribution in [-0.2, 0) is 0 Å². The molecule has 0 unspecified atom stereocenters. The minimum absolute atomic E-state index is 0.352. The molecule has 0 atom stereocenters. The lowest BCUT2D eigenvalue weighted by Crippen LogP contribution is -1.96. The molecule has 0 bridgehead atoms. The summed E-state index contributed by atoms with van der Waals surface area (Å²) >= 11 is 9.70. The van der Waals surface area contributed by atoms with Gasteiger partial charge in [-0.3, -0.25) is 0 Å². The lowest BCUT2D eigenvalue weighted by molar-refractivity contribution is 0.457. The number of hydrogen-bond acceptors (Lipinski definition) is 2. The second kappa shape index (κ2) is 6.15. The number of ether oxygens (including phenoxy) is 1. The van der Waals surface area contributed by atoms with Crippen LogP contribution in [0.15, 0.2) is 28.7 Å². The third-order valence-electron chi connectivity index (χ3n) is 3.13. The van der Waals surface area contributed by atoms with Gasteiger partial charge in [0.05, 0.1) is 5.69 Å². The lowest BCUT2D eigenvalue weighted by Gasteiger charge is -2.14. The van der Waals surface area contributed by atoms with Crippen LogP contribution in [0.4, 0.5) is 0 Å². The molecule has 0 aliphatic heterocycles. The van der Waals surface area contributed by atoms with Gasteiger partial charge in [0.15, 0.2) is 0 Å². The van der Waals surface area contributed by atoms with Crippen LogP contribution < -0.4 is 4.74 Å². The molecule has 0 amide bonds. The highest BCUT2D eigenvalue weighted by Gasteiger charge is 2.11. The van der Waals surface area contributed by atoms with Crippen molar-refractivity contribution < 1.29 is 4.74 Å². The summed E-state index contributed by atoms with van der Waals surface area (Å²) in [7, 11) is 0. The molecule has 1 aromatic heterocycles. The summed E-state index contributed by atoms with van der Waals surface area (Å²) in [6.45, 7) is 8.15. The van der Waals surface area contributed by atoms with Gasteiger partial charge in [0.2, 0.25) is 5.88 Å². The van der Waals surface area contributed by atoms with Gasteiger partial charge >= 0.3 is 0 Å². The Morgan fingerprint density at radius 2 is 1.90 bits per heavy atom. The molecule has 2 rings (SSSR count). The minimum Gasteiger partial charge on any atom is -0.439 e. The molecule has 0 spiro atoms. The third-order valence-corrected chi connectivity index (χ3v) is 4.29. The summed E-state index contributed by atoms with van der Waals surface area (Å²) in [4.78, 5) is 4.40. The second-order valence-electron chi connectivity index (χ2n) is 5.11. The van der Waals surface area contributed by atoms with Crippen molar-refractivity contribution in [1.29, 1.82) is 0 Å². The first kappa shape index (κ1) is 15.3. The monoisotopic (exact) mass is 353 g/mol. The van der Waals surface area contributed by atoms with E-state index < -0.39 is 0 Å². The Balaban J connectivity index is 2.37. The summed E-state index contributed by atoms with van der Waals surface area (Å²) in [6, 6.07) is 7.73. The maximum Gasteiger partial charge on any atom is 0.219 e. The number of aryl methyl sites for hydroxylation is 2. The standard InChI is InChI=1S/C16H17BrClNO/c1-9(2)12-8-15(10(3)7-14(12)18)20-16-6-5-13(17)11(4)19-16/h5-9H,1-4H3. The average Bonchev–Trinajstić information content (AvgIpc) is 2.36. The van der Waals surface area contributed by atoms with Gasteiger partial charge in [0, 0.05) is 15.6 Å². The Bertz CT molecular complexity index is 641. The van der Waals surface area contributed by atoms with Crippen LogP contribution in [0.3, 0.4) is 0 Å². The molecule has 4 heteroatoms. The van der Waals surface area contributed by atoms with E-state index in [9.17, 15) is 0 Å². The number of hydrogen-bond donors (Lipinski definition) is 0. The largest absolute Gasteiger partial charge is 0.439 e. The fraction of sp³-hybridized carbons (Fsp3) is 0.312. The summed E-state index contributed by atoms with van der Waals surface area (Å²) in [5, 5.41) is 0.782. The molecule has 0 saturated heterocycles. The van der Waals surface area contributed by atoms with Gasteiger partial charge in [-0.05, 0) is 65.0 Å². The van der Waals surface area contributed by atoms with E-state index in [0.717, 1.165) is 32.1 Å². The summed E-state index contributed by atoms with van der Waals surface area (Å²) < 4.78 is 6.87. The summed E-state index contributed by atoms with van der Waals surface area (Å²) in [5.74, 6) is 1.74. The average molecular weight is 355 g/mol. The highest BCUT2D eigenvalue weighted by Crippen LogP contribution is 2.33. The SMILES string of the molecule is Cc1cc(Cl)c(C(C)C)cc1Oc1ccc(Br)c(C)n1. The topological polar surface area (TPSA) is 22.1 Å². The van der Waals surface area contributed by atoms with Crippen molar-refractivity contribution in [3.63, 3.8) is 0 Å². The molecule has 0 aliphatic carbocycles. The molecular formula is C16H17BrClNO. The third kappa shape index (κ3) is 3.33. The van der Waals surface area contributed by atoms with Crippen LogP contribution in [0.25, 0.3) is 0 Å². The molecule has 0 fully saturated rings. The first-order chi connectivity index (χ1) is 9.38. The van der Waals surface area contributed by atoms with Crippen molar-refractivity contribution >= 4 is 27.5 Å². The van der Waals surface area contributed by atoms with Crippen LogP contribution >= 0.6 is 27.5 Å². The van der Waals surface area contributed by atoms with E-state index in [1.54, 1.807) is 0 Å². The maximum absolute atomic E-state index is 6.27. The van der Waals surface area contributed by atoms with Crippen LogP contribution in [-0.4, -0.2) is 4.98 Å². The molecule has 1 aromatic carbocycles. The van der Waals surface area contributed by atoms with Crippen molar-refractivity contribution in [3.05, 3.63) is 50.6 Å². The first-order valence-corrected chi connectivity index (χ1v) is 7.66. The number of benzene rings is 1. The number of rotatable bonds is 3. The smallest absolute Gasteiger partial charge is 0.219 e. The van der Waals surface area contributed by atoms with Gasteiger partial charge in [0.1, 0.15) is 5.75 Å². The van der Waals surface area contributed by atoms with Crippen molar-refractivity contribution in [2.75, 3.05) is 0 Å². The molecule has 0 radical (unpaired) electrons. The molecule has 0 aliphatic rings. The Labute approximate surface area is 133 Å². The van der Waals surface area contributed by atoms with Crippen molar-refractivity contribution in [2.24, 2.45) is 0 Å².